The van der Waals surface area contributed by atoms with Crippen LogP contribution in [0, 0.1) is 5.92 Å². The summed E-state index contributed by atoms with van der Waals surface area (Å²) in [6, 6.07) is 10.3. The summed E-state index contributed by atoms with van der Waals surface area (Å²) in [7, 11) is 0. The summed E-state index contributed by atoms with van der Waals surface area (Å²) in [6.07, 6.45) is 1.60. The zero-order valence-electron chi connectivity index (χ0n) is 11.2. The fourth-order valence-electron chi connectivity index (χ4n) is 1.38. The molecule has 0 saturated carbocycles. The molecule has 0 saturated heterocycles. The van der Waals surface area contributed by atoms with E-state index in [1.807, 2.05) is 32.0 Å². The van der Waals surface area contributed by atoms with Gasteiger partial charge in [0, 0.05) is 16.7 Å². The number of benzene rings is 1. The highest BCUT2D eigenvalue weighted by atomic mass is 32.2. The van der Waals surface area contributed by atoms with Gasteiger partial charge in [-0.05, 0) is 31.9 Å². The van der Waals surface area contributed by atoms with Crippen molar-refractivity contribution in [2.45, 2.75) is 25.7 Å². The van der Waals surface area contributed by atoms with E-state index in [0.29, 0.717) is 12.5 Å². The molecule has 1 aromatic carbocycles. The van der Waals surface area contributed by atoms with Crippen molar-refractivity contribution < 1.29 is 9.53 Å². The molecule has 0 aliphatic carbocycles. The predicted octanol–water partition coefficient (Wildman–Crippen LogP) is 3.92. The maximum Gasteiger partial charge on any atom is 0.330 e. The zero-order chi connectivity index (χ0) is 13.4. The largest absolute Gasteiger partial charge is 0.463 e. The molecule has 0 bridgehead atoms. The van der Waals surface area contributed by atoms with Gasteiger partial charge in [-0.25, -0.2) is 4.79 Å². The van der Waals surface area contributed by atoms with E-state index in [4.69, 9.17) is 4.74 Å². The first-order valence-corrected chi connectivity index (χ1v) is 7.14. The molecule has 0 aliphatic heterocycles. The van der Waals surface area contributed by atoms with Gasteiger partial charge in [0.1, 0.15) is 0 Å². The van der Waals surface area contributed by atoms with Crippen LogP contribution in [-0.2, 0) is 9.53 Å². The standard InChI is InChI=1S/C15H20O2S/c1-4-17-15(16)10-12(2)13(3)11-18-14-8-6-5-7-9-14/h5-10,13H,4,11H2,1-3H3/b12-10-. The van der Waals surface area contributed by atoms with E-state index in [2.05, 4.69) is 19.1 Å². The Morgan fingerprint density at radius 2 is 2.06 bits per heavy atom. The van der Waals surface area contributed by atoms with Crippen LogP contribution in [0.2, 0.25) is 0 Å². The van der Waals surface area contributed by atoms with Crippen molar-refractivity contribution >= 4 is 17.7 Å². The van der Waals surface area contributed by atoms with Crippen LogP contribution in [0.1, 0.15) is 20.8 Å². The summed E-state index contributed by atoms with van der Waals surface area (Å²) >= 11 is 1.80. The lowest BCUT2D eigenvalue weighted by atomic mass is 10.1. The lowest BCUT2D eigenvalue weighted by Crippen LogP contribution is -2.05. The molecular weight excluding hydrogens is 244 g/mol. The molecule has 1 unspecified atom stereocenters. The molecule has 0 spiro atoms. The number of hydrogen-bond donors (Lipinski definition) is 0. The van der Waals surface area contributed by atoms with E-state index in [1.54, 1.807) is 17.8 Å². The van der Waals surface area contributed by atoms with Crippen LogP contribution in [0.4, 0.5) is 0 Å². The number of ether oxygens (including phenoxy) is 1. The summed E-state index contributed by atoms with van der Waals surface area (Å²) in [4.78, 5) is 12.6. The van der Waals surface area contributed by atoms with Gasteiger partial charge in [-0.3, -0.25) is 0 Å². The maximum atomic E-state index is 11.3. The minimum absolute atomic E-state index is 0.244. The third-order valence-corrected chi connectivity index (χ3v) is 3.92. The molecule has 2 nitrogen and oxygen atoms in total. The SMILES string of the molecule is CCOC(=O)/C=C(/C)C(C)CSc1ccccc1. The highest BCUT2D eigenvalue weighted by Gasteiger charge is 2.07. The molecule has 98 valence electrons. The lowest BCUT2D eigenvalue weighted by molar-refractivity contribution is -0.137. The number of carbonyl (C=O) groups is 1. The Hall–Kier alpha value is -1.22. The fraction of sp³-hybridized carbons (Fsp3) is 0.400. The molecular formula is C15H20O2S. The highest BCUT2D eigenvalue weighted by Crippen LogP contribution is 2.23. The van der Waals surface area contributed by atoms with Crippen LogP contribution in [0.5, 0.6) is 0 Å². The average Bonchev–Trinajstić information content (AvgIpc) is 2.37. The van der Waals surface area contributed by atoms with Gasteiger partial charge in [-0.2, -0.15) is 0 Å². The van der Waals surface area contributed by atoms with Crippen LogP contribution in [-0.4, -0.2) is 18.3 Å². The number of rotatable bonds is 6. The molecule has 0 amide bonds. The summed E-state index contributed by atoms with van der Waals surface area (Å²) in [5.74, 6) is 1.08. The van der Waals surface area contributed by atoms with Crippen molar-refractivity contribution in [3.63, 3.8) is 0 Å². The molecule has 0 radical (unpaired) electrons. The van der Waals surface area contributed by atoms with E-state index in [-0.39, 0.29) is 5.97 Å². The third-order valence-electron chi connectivity index (χ3n) is 2.65. The Bertz CT molecular complexity index is 398. The van der Waals surface area contributed by atoms with Crippen molar-refractivity contribution in [1.82, 2.24) is 0 Å². The summed E-state index contributed by atoms with van der Waals surface area (Å²) in [5.41, 5.74) is 1.07. The van der Waals surface area contributed by atoms with Crippen molar-refractivity contribution in [3.05, 3.63) is 42.0 Å². The van der Waals surface area contributed by atoms with Crippen molar-refractivity contribution in [3.8, 4) is 0 Å². The van der Waals surface area contributed by atoms with Crippen molar-refractivity contribution in [2.24, 2.45) is 5.92 Å². The number of hydrogen-bond acceptors (Lipinski definition) is 3. The van der Waals surface area contributed by atoms with Crippen LogP contribution in [0.3, 0.4) is 0 Å². The Morgan fingerprint density at radius 3 is 2.67 bits per heavy atom. The van der Waals surface area contributed by atoms with Gasteiger partial charge in [-0.15, -0.1) is 11.8 Å². The molecule has 3 heteroatoms. The van der Waals surface area contributed by atoms with Crippen LogP contribution < -0.4 is 0 Å². The Labute approximate surface area is 113 Å². The first-order chi connectivity index (χ1) is 8.63. The Kier molecular flexibility index (Phi) is 6.58. The number of esters is 1. The quantitative estimate of drug-likeness (QED) is 0.442. The van der Waals surface area contributed by atoms with E-state index in [9.17, 15) is 4.79 Å². The Morgan fingerprint density at radius 1 is 1.39 bits per heavy atom. The molecule has 1 atom stereocenters. The molecule has 0 N–H and O–H groups in total. The Balaban J connectivity index is 2.45. The second-order valence-corrected chi connectivity index (χ2v) is 5.26. The van der Waals surface area contributed by atoms with Crippen molar-refractivity contribution in [1.29, 1.82) is 0 Å². The van der Waals surface area contributed by atoms with Crippen LogP contribution in [0.25, 0.3) is 0 Å². The van der Waals surface area contributed by atoms with Gasteiger partial charge in [0.15, 0.2) is 0 Å². The van der Waals surface area contributed by atoms with Gasteiger partial charge >= 0.3 is 5.97 Å². The van der Waals surface area contributed by atoms with Crippen LogP contribution >= 0.6 is 11.8 Å². The maximum absolute atomic E-state index is 11.3. The summed E-state index contributed by atoms with van der Waals surface area (Å²) < 4.78 is 4.90. The normalized spacial score (nSPS) is 13.2. The average molecular weight is 264 g/mol. The smallest absolute Gasteiger partial charge is 0.330 e. The molecule has 18 heavy (non-hydrogen) atoms. The van der Waals surface area contributed by atoms with E-state index in [1.165, 1.54) is 4.90 Å². The van der Waals surface area contributed by atoms with Gasteiger partial charge in [0.05, 0.1) is 6.61 Å². The number of thioether (sulfide) groups is 1. The van der Waals surface area contributed by atoms with E-state index < -0.39 is 0 Å². The topological polar surface area (TPSA) is 26.3 Å². The van der Waals surface area contributed by atoms with Crippen molar-refractivity contribution in [2.75, 3.05) is 12.4 Å². The first-order valence-electron chi connectivity index (χ1n) is 6.16. The minimum atomic E-state index is -0.244. The van der Waals surface area contributed by atoms with Crippen LogP contribution in [0.15, 0.2) is 46.9 Å². The first kappa shape index (κ1) is 14.8. The van der Waals surface area contributed by atoms with E-state index in [0.717, 1.165) is 11.3 Å². The third kappa shape index (κ3) is 5.41. The fourth-order valence-corrected chi connectivity index (χ4v) is 2.44. The summed E-state index contributed by atoms with van der Waals surface area (Å²) in [6.45, 7) is 6.35. The molecule has 0 heterocycles. The molecule has 0 aromatic heterocycles. The molecule has 0 fully saturated rings. The highest BCUT2D eigenvalue weighted by molar-refractivity contribution is 7.99. The minimum Gasteiger partial charge on any atom is -0.463 e. The molecule has 1 aromatic rings. The van der Waals surface area contributed by atoms with Gasteiger partial charge in [0.2, 0.25) is 0 Å². The molecule has 1 rings (SSSR count). The van der Waals surface area contributed by atoms with Gasteiger partial charge in [-0.1, -0.05) is 30.7 Å². The lowest BCUT2D eigenvalue weighted by Gasteiger charge is -2.11. The zero-order valence-corrected chi connectivity index (χ0v) is 12.0. The number of carbonyl (C=O) groups excluding carboxylic acids is 1. The second-order valence-electron chi connectivity index (χ2n) is 4.17. The monoisotopic (exact) mass is 264 g/mol. The second kappa shape index (κ2) is 7.98. The van der Waals surface area contributed by atoms with Gasteiger partial charge < -0.3 is 4.74 Å². The number of allylic oxidation sites excluding steroid dienone is 1. The summed E-state index contributed by atoms with van der Waals surface area (Å²) in [5, 5.41) is 0. The molecule has 0 aliphatic rings. The van der Waals surface area contributed by atoms with E-state index >= 15 is 0 Å². The van der Waals surface area contributed by atoms with Gasteiger partial charge in [0.25, 0.3) is 0 Å². The predicted molar refractivity (Wildman–Crippen MR) is 76.7 cm³/mol.